The van der Waals surface area contributed by atoms with Crippen LogP contribution in [0.1, 0.15) is 21.6 Å². The van der Waals surface area contributed by atoms with Gasteiger partial charge in [0.15, 0.2) is 0 Å². The lowest BCUT2D eigenvalue weighted by Gasteiger charge is -2.02. The van der Waals surface area contributed by atoms with Gasteiger partial charge in [0.25, 0.3) is 5.91 Å². The van der Waals surface area contributed by atoms with E-state index >= 15 is 0 Å². The minimum Gasteiger partial charge on any atom is -0.296 e. The summed E-state index contributed by atoms with van der Waals surface area (Å²) in [7, 11) is 0. The number of nitrogens with one attached hydrogen (secondary N) is 1. The van der Waals surface area contributed by atoms with Crippen LogP contribution in [-0.2, 0) is 6.42 Å². The Morgan fingerprint density at radius 2 is 1.59 bits per heavy atom. The molecule has 4 aromatic rings. The summed E-state index contributed by atoms with van der Waals surface area (Å²) in [5.41, 5.74) is 2.58. The van der Waals surface area contributed by atoms with E-state index in [0.29, 0.717) is 15.7 Å². The van der Waals surface area contributed by atoms with Crippen LogP contribution in [0.2, 0.25) is 0 Å². The number of nitrogens with zero attached hydrogens (tertiary/aromatic N) is 3. The Hall–Kier alpha value is -2.90. The Morgan fingerprint density at radius 1 is 0.926 bits per heavy atom. The third kappa shape index (κ3) is 3.79. The molecule has 134 valence electrons. The Bertz CT molecular complexity index is 1060. The maximum absolute atomic E-state index is 12.9. The van der Waals surface area contributed by atoms with Gasteiger partial charge in [-0.05, 0) is 6.42 Å². The van der Waals surface area contributed by atoms with Crippen LogP contribution in [0.3, 0.4) is 0 Å². The highest BCUT2D eigenvalue weighted by Gasteiger charge is 2.21. The van der Waals surface area contributed by atoms with Gasteiger partial charge in [-0.2, -0.15) is 0 Å². The average Bonchev–Trinajstić information content (AvgIpc) is 3.36. The first-order chi connectivity index (χ1) is 13.2. The number of thiazole rings is 1. The van der Waals surface area contributed by atoms with Crippen LogP contribution in [0.25, 0.3) is 21.8 Å². The highest BCUT2D eigenvalue weighted by atomic mass is 32.1. The number of amides is 1. The normalized spacial score (nSPS) is 10.7. The lowest BCUT2D eigenvalue weighted by atomic mass is 10.1. The summed E-state index contributed by atoms with van der Waals surface area (Å²) >= 11 is 2.77. The Labute approximate surface area is 164 Å². The fourth-order valence-electron chi connectivity index (χ4n) is 2.57. The summed E-state index contributed by atoms with van der Waals surface area (Å²) in [4.78, 5) is 18.3. The lowest BCUT2D eigenvalue weighted by Crippen LogP contribution is -2.11. The van der Waals surface area contributed by atoms with Crippen molar-refractivity contribution in [1.82, 2.24) is 15.2 Å². The molecule has 2 aromatic carbocycles. The van der Waals surface area contributed by atoms with Gasteiger partial charge in [-0.25, -0.2) is 4.98 Å². The highest BCUT2D eigenvalue weighted by Crippen LogP contribution is 2.34. The van der Waals surface area contributed by atoms with Gasteiger partial charge in [0.05, 0.1) is 5.69 Å². The quantitative estimate of drug-likeness (QED) is 0.510. The van der Waals surface area contributed by atoms with E-state index in [9.17, 15) is 4.79 Å². The van der Waals surface area contributed by atoms with E-state index in [1.807, 2.05) is 67.6 Å². The molecule has 0 aliphatic carbocycles. The van der Waals surface area contributed by atoms with Crippen LogP contribution < -0.4 is 5.32 Å². The number of benzene rings is 2. The summed E-state index contributed by atoms with van der Waals surface area (Å²) in [6, 6.07) is 19.6. The standard InChI is InChI=1S/C20H16N4OS2/c1-2-15-23-24-20(26-15)22-18(25)17-16(13-9-5-3-6-10-13)21-19(27-17)14-11-7-4-8-12-14/h3-12H,2H2,1H3,(H,22,24,25). The predicted octanol–water partition coefficient (Wildman–Crippen LogP) is 5.14. The molecule has 0 unspecified atom stereocenters. The molecule has 0 fully saturated rings. The zero-order valence-corrected chi connectivity index (χ0v) is 16.2. The Balaban J connectivity index is 1.73. The van der Waals surface area contributed by atoms with E-state index in [0.717, 1.165) is 27.6 Å². The molecule has 0 aliphatic rings. The van der Waals surface area contributed by atoms with E-state index in [-0.39, 0.29) is 5.91 Å². The third-order valence-corrected chi connectivity index (χ3v) is 5.98. The summed E-state index contributed by atoms with van der Waals surface area (Å²) in [5.74, 6) is -0.215. The lowest BCUT2D eigenvalue weighted by molar-refractivity contribution is 0.103. The monoisotopic (exact) mass is 392 g/mol. The molecule has 1 amide bonds. The van der Waals surface area contributed by atoms with Crippen molar-refractivity contribution in [1.29, 1.82) is 0 Å². The summed E-state index contributed by atoms with van der Waals surface area (Å²) < 4.78 is 0. The van der Waals surface area contributed by atoms with Gasteiger partial charge in [0.1, 0.15) is 14.9 Å². The van der Waals surface area contributed by atoms with E-state index in [2.05, 4.69) is 15.5 Å². The maximum atomic E-state index is 12.9. The first kappa shape index (κ1) is 17.5. The fourth-order valence-corrected chi connectivity index (χ4v) is 4.23. The van der Waals surface area contributed by atoms with Gasteiger partial charge in [-0.1, -0.05) is 78.9 Å². The van der Waals surface area contributed by atoms with E-state index in [1.54, 1.807) is 0 Å². The molecule has 0 spiro atoms. The molecular weight excluding hydrogens is 376 g/mol. The molecule has 0 bridgehead atoms. The second-order valence-corrected chi connectivity index (χ2v) is 7.80. The van der Waals surface area contributed by atoms with E-state index in [4.69, 9.17) is 4.98 Å². The first-order valence-electron chi connectivity index (χ1n) is 8.50. The summed E-state index contributed by atoms with van der Waals surface area (Å²) in [6.45, 7) is 2.01. The van der Waals surface area contributed by atoms with Crippen molar-refractivity contribution >= 4 is 33.7 Å². The number of aromatic nitrogens is 3. The first-order valence-corrected chi connectivity index (χ1v) is 10.1. The number of hydrogen-bond acceptors (Lipinski definition) is 6. The van der Waals surface area contributed by atoms with Gasteiger partial charge in [0, 0.05) is 11.1 Å². The van der Waals surface area contributed by atoms with Crippen molar-refractivity contribution in [3.8, 4) is 21.8 Å². The molecule has 0 saturated heterocycles. The van der Waals surface area contributed by atoms with Crippen molar-refractivity contribution in [2.45, 2.75) is 13.3 Å². The number of carbonyl (C=O) groups excluding carboxylic acids is 1. The van der Waals surface area contributed by atoms with Crippen molar-refractivity contribution < 1.29 is 4.79 Å². The smallest absolute Gasteiger partial charge is 0.269 e. The van der Waals surface area contributed by atoms with Gasteiger partial charge in [0.2, 0.25) is 5.13 Å². The number of hydrogen-bond donors (Lipinski definition) is 1. The van der Waals surface area contributed by atoms with Crippen LogP contribution >= 0.6 is 22.7 Å². The van der Waals surface area contributed by atoms with Gasteiger partial charge in [-0.15, -0.1) is 21.5 Å². The van der Waals surface area contributed by atoms with Crippen LogP contribution in [0, 0.1) is 0 Å². The maximum Gasteiger partial charge on any atom is 0.269 e. The minimum absolute atomic E-state index is 0.215. The summed E-state index contributed by atoms with van der Waals surface area (Å²) in [5, 5.41) is 13.2. The zero-order valence-electron chi connectivity index (χ0n) is 14.5. The molecule has 7 heteroatoms. The molecular formula is C20H16N4OS2. The van der Waals surface area contributed by atoms with Crippen LogP contribution in [0.4, 0.5) is 5.13 Å². The average molecular weight is 393 g/mol. The summed E-state index contributed by atoms with van der Waals surface area (Å²) in [6.07, 6.45) is 0.793. The molecule has 4 rings (SSSR count). The molecule has 1 N–H and O–H groups in total. The highest BCUT2D eigenvalue weighted by molar-refractivity contribution is 7.18. The molecule has 0 atom stereocenters. The van der Waals surface area contributed by atoms with Crippen molar-refractivity contribution in [3.63, 3.8) is 0 Å². The second-order valence-electron chi connectivity index (χ2n) is 5.74. The molecule has 0 radical (unpaired) electrons. The fraction of sp³-hybridized carbons (Fsp3) is 0.100. The van der Waals surface area contributed by atoms with Crippen LogP contribution in [0.5, 0.6) is 0 Å². The third-order valence-electron chi connectivity index (χ3n) is 3.89. The van der Waals surface area contributed by atoms with Crippen LogP contribution in [0.15, 0.2) is 60.7 Å². The number of rotatable bonds is 5. The van der Waals surface area contributed by atoms with E-state index < -0.39 is 0 Å². The topological polar surface area (TPSA) is 67.8 Å². The van der Waals surface area contributed by atoms with Crippen molar-refractivity contribution in [2.24, 2.45) is 0 Å². The SMILES string of the molecule is CCc1nnc(NC(=O)c2sc(-c3ccccc3)nc2-c2ccccc2)s1. The van der Waals surface area contributed by atoms with Gasteiger partial charge < -0.3 is 0 Å². The minimum atomic E-state index is -0.215. The molecule has 2 aromatic heterocycles. The van der Waals surface area contributed by atoms with E-state index in [1.165, 1.54) is 22.7 Å². The Morgan fingerprint density at radius 3 is 2.22 bits per heavy atom. The second kappa shape index (κ2) is 7.77. The van der Waals surface area contributed by atoms with Crippen molar-refractivity contribution in [3.05, 3.63) is 70.5 Å². The molecule has 0 saturated carbocycles. The van der Waals surface area contributed by atoms with Crippen LogP contribution in [-0.4, -0.2) is 21.1 Å². The predicted molar refractivity (Wildman–Crippen MR) is 110 cm³/mol. The molecule has 2 heterocycles. The molecule has 5 nitrogen and oxygen atoms in total. The zero-order chi connectivity index (χ0) is 18.6. The van der Waals surface area contributed by atoms with Gasteiger partial charge in [-0.3, -0.25) is 10.1 Å². The number of anilines is 1. The van der Waals surface area contributed by atoms with Gasteiger partial charge >= 0.3 is 0 Å². The molecule has 0 aliphatic heterocycles. The molecule has 27 heavy (non-hydrogen) atoms. The largest absolute Gasteiger partial charge is 0.296 e. The number of carbonyl (C=O) groups is 1. The Kier molecular flexibility index (Phi) is 5.04. The number of aryl methyl sites for hydroxylation is 1. The van der Waals surface area contributed by atoms with Crippen molar-refractivity contribution in [2.75, 3.05) is 5.32 Å².